The largest absolute Gasteiger partial charge is 0.452 e. The number of non-ortho nitro benzene ring substituents is 1. The molecule has 0 atom stereocenters. The number of nitro benzene ring substituents is 1. The zero-order valence-corrected chi connectivity index (χ0v) is 15.4. The van der Waals surface area contributed by atoms with Crippen LogP contribution in [0.1, 0.15) is 10.4 Å². The highest BCUT2D eigenvalue weighted by Crippen LogP contribution is 2.26. The van der Waals surface area contributed by atoms with E-state index in [0.29, 0.717) is 17.1 Å². The third-order valence-corrected chi connectivity index (χ3v) is 3.88. The fourth-order valence-corrected chi connectivity index (χ4v) is 2.42. The minimum absolute atomic E-state index is 0.166. The Hall–Kier alpha value is -3.62. The summed E-state index contributed by atoms with van der Waals surface area (Å²) in [6, 6.07) is 10.7. The van der Waals surface area contributed by atoms with Crippen LogP contribution in [0.4, 0.5) is 27.5 Å². The Morgan fingerprint density at radius 2 is 1.70 bits per heavy atom. The Balaban J connectivity index is 2.25. The summed E-state index contributed by atoms with van der Waals surface area (Å²) in [6.07, 6.45) is -0.515. The number of ether oxygens (including phenoxy) is 1. The Morgan fingerprint density at radius 1 is 1.07 bits per heavy atom. The zero-order chi connectivity index (χ0) is 20.1. The smallest absolute Gasteiger partial charge is 0.413 e. The molecule has 2 rings (SSSR count). The van der Waals surface area contributed by atoms with Crippen LogP contribution in [0, 0.1) is 10.1 Å². The van der Waals surface area contributed by atoms with E-state index in [1.54, 1.807) is 50.3 Å². The summed E-state index contributed by atoms with van der Waals surface area (Å²) in [6.45, 7) is 0. The van der Waals surface area contributed by atoms with Crippen molar-refractivity contribution in [2.24, 2.45) is 0 Å². The molecule has 0 unspecified atom stereocenters. The van der Waals surface area contributed by atoms with Crippen molar-refractivity contribution in [2.45, 2.75) is 0 Å². The Morgan fingerprint density at radius 3 is 2.22 bits per heavy atom. The molecule has 0 aliphatic rings. The predicted octanol–water partition coefficient (Wildman–Crippen LogP) is 3.12. The van der Waals surface area contributed by atoms with Gasteiger partial charge in [0.1, 0.15) is 0 Å². The van der Waals surface area contributed by atoms with Crippen LogP contribution in [0.2, 0.25) is 0 Å². The van der Waals surface area contributed by atoms with Crippen LogP contribution >= 0.6 is 0 Å². The van der Waals surface area contributed by atoms with E-state index in [1.165, 1.54) is 30.2 Å². The number of amides is 2. The van der Waals surface area contributed by atoms with Gasteiger partial charge in [0.05, 0.1) is 17.6 Å². The second kappa shape index (κ2) is 8.17. The van der Waals surface area contributed by atoms with Crippen molar-refractivity contribution in [1.82, 2.24) is 0 Å². The van der Waals surface area contributed by atoms with E-state index in [-0.39, 0.29) is 11.3 Å². The molecule has 0 heterocycles. The number of carbonyl (C=O) groups is 2. The van der Waals surface area contributed by atoms with E-state index in [9.17, 15) is 19.7 Å². The van der Waals surface area contributed by atoms with Crippen LogP contribution in [-0.4, -0.2) is 45.2 Å². The maximum atomic E-state index is 12.6. The van der Waals surface area contributed by atoms with Crippen molar-refractivity contribution in [3.63, 3.8) is 0 Å². The zero-order valence-electron chi connectivity index (χ0n) is 15.4. The SMILES string of the molecule is COC(=O)N(C)c1ccc(NC(=O)c2cc([N+](=O)[O-])ccc2N(C)C)cc1. The molecule has 9 heteroatoms. The van der Waals surface area contributed by atoms with Crippen molar-refractivity contribution in [3.05, 3.63) is 58.1 Å². The lowest BCUT2D eigenvalue weighted by atomic mass is 10.1. The molecule has 0 saturated carbocycles. The second-order valence-electron chi connectivity index (χ2n) is 5.88. The standard InChI is InChI=1S/C18H20N4O5/c1-20(2)16-10-9-14(22(25)26)11-15(16)17(23)19-12-5-7-13(8-6-12)21(3)18(24)27-4/h5-11H,1-4H3,(H,19,23). The van der Waals surface area contributed by atoms with E-state index in [2.05, 4.69) is 10.1 Å². The Kier molecular flexibility index (Phi) is 5.96. The van der Waals surface area contributed by atoms with Gasteiger partial charge >= 0.3 is 6.09 Å². The number of nitrogens with one attached hydrogen (secondary N) is 1. The van der Waals surface area contributed by atoms with E-state index in [1.807, 2.05) is 0 Å². The summed E-state index contributed by atoms with van der Waals surface area (Å²) >= 11 is 0. The first-order chi connectivity index (χ1) is 12.7. The molecule has 0 spiro atoms. The molecule has 0 aliphatic carbocycles. The highest BCUT2D eigenvalue weighted by Gasteiger charge is 2.18. The minimum atomic E-state index is -0.548. The average molecular weight is 372 g/mol. The first kappa shape index (κ1) is 19.7. The Bertz CT molecular complexity index is 865. The number of nitro groups is 1. The molecule has 1 N–H and O–H groups in total. The van der Waals surface area contributed by atoms with Gasteiger partial charge in [-0.05, 0) is 30.3 Å². The van der Waals surface area contributed by atoms with Gasteiger partial charge in [-0.25, -0.2) is 4.79 Å². The molecule has 0 aliphatic heterocycles. The van der Waals surface area contributed by atoms with E-state index in [0.717, 1.165) is 0 Å². The molecule has 2 amide bonds. The fraction of sp³-hybridized carbons (Fsp3) is 0.222. The third-order valence-electron chi connectivity index (χ3n) is 3.88. The van der Waals surface area contributed by atoms with Gasteiger partial charge in [0.25, 0.3) is 11.6 Å². The quantitative estimate of drug-likeness (QED) is 0.639. The summed E-state index contributed by atoms with van der Waals surface area (Å²) in [5.74, 6) is -0.475. The number of nitrogens with zero attached hydrogens (tertiary/aromatic N) is 3. The summed E-state index contributed by atoms with van der Waals surface area (Å²) in [5, 5.41) is 13.7. The molecule has 9 nitrogen and oxygen atoms in total. The normalized spacial score (nSPS) is 10.1. The van der Waals surface area contributed by atoms with Gasteiger partial charge in [-0.2, -0.15) is 0 Å². The summed E-state index contributed by atoms with van der Waals surface area (Å²) in [4.78, 5) is 37.6. The van der Waals surface area contributed by atoms with Gasteiger partial charge in [0, 0.05) is 50.3 Å². The first-order valence-corrected chi connectivity index (χ1v) is 7.93. The molecular weight excluding hydrogens is 352 g/mol. The second-order valence-corrected chi connectivity index (χ2v) is 5.88. The van der Waals surface area contributed by atoms with Gasteiger partial charge in [-0.1, -0.05) is 0 Å². The van der Waals surface area contributed by atoms with Crippen LogP contribution in [0.5, 0.6) is 0 Å². The molecule has 0 aromatic heterocycles. The van der Waals surface area contributed by atoms with Gasteiger partial charge < -0.3 is 15.0 Å². The van der Waals surface area contributed by atoms with Crippen molar-refractivity contribution in [1.29, 1.82) is 0 Å². The molecule has 27 heavy (non-hydrogen) atoms. The molecule has 0 fully saturated rings. The number of anilines is 3. The number of hydrogen-bond acceptors (Lipinski definition) is 6. The highest BCUT2D eigenvalue weighted by atomic mass is 16.6. The molecule has 2 aromatic carbocycles. The van der Waals surface area contributed by atoms with Crippen LogP contribution in [-0.2, 0) is 4.74 Å². The number of hydrogen-bond donors (Lipinski definition) is 1. The van der Waals surface area contributed by atoms with Crippen molar-refractivity contribution in [2.75, 3.05) is 43.4 Å². The minimum Gasteiger partial charge on any atom is -0.452 e. The average Bonchev–Trinajstić information content (AvgIpc) is 2.66. The summed E-state index contributed by atoms with van der Waals surface area (Å²) in [5.41, 5.74) is 1.65. The van der Waals surface area contributed by atoms with Crippen molar-refractivity contribution >= 4 is 34.7 Å². The lowest BCUT2D eigenvalue weighted by molar-refractivity contribution is -0.384. The Labute approximate surface area is 156 Å². The van der Waals surface area contributed by atoms with Crippen molar-refractivity contribution in [3.8, 4) is 0 Å². The lowest BCUT2D eigenvalue weighted by Gasteiger charge is -2.18. The van der Waals surface area contributed by atoms with E-state index >= 15 is 0 Å². The number of carbonyl (C=O) groups excluding carboxylic acids is 2. The molecule has 0 saturated heterocycles. The summed E-state index contributed by atoms with van der Waals surface area (Å²) in [7, 11) is 6.34. The van der Waals surface area contributed by atoms with Gasteiger partial charge in [0.15, 0.2) is 0 Å². The number of rotatable bonds is 5. The maximum absolute atomic E-state index is 12.6. The topological polar surface area (TPSA) is 105 Å². The number of methoxy groups -OCH3 is 1. The van der Waals surface area contributed by atoms with Crippen molar-refractivity contribution < 1.29 is 19.2 Å². The van der Waals surface area contributed by atoms with Gasteiger partial charge in [-0.3, -0.25) is 19.8 Å². The molecule has 0 radical (unpaired) electrons. The lowest BCUT2D eigenvalue weighted by Crippen LogP contribution is -2.25. The van der Waals surface area contributed by atoms with Crippen LogP contribution < -0.4 is 15.1 Å². The molecule has 2 aromatic rings. The molecule has 0 bridgehead atoms. The molecular formula is C18H20N4O5. The van der Waals surface area contributed by atoms with Crippen LogP contribution in [0.15, 0.2) is 42.5 Å². The monoisotopic (exact) mass is 372 g/mol. The fourth-order valence-electron chi connectivity index (χ4n) is 2.42. The third kappa shape index (κ3) is 4.51. The van der Waals surface area contributed by atoms with Gasteiger partial charge in [0.2, 0.25) is 0 Å². The summed E-state index contributed by atoms with van der Waals surface area (Å²) < 4.78 is 4.64. The number of benzene rings is 2. The van der Waals surface area contributed by atoms with E-state index < -0.39 is 16.9 Å². The first-order valence-electron chi connectivity index (χ1n) is 7.93. The maximum Gasteiger partial charge on any atom is 0.413 e. The molecule has 142 valence electrons. The highest BCUT2D eigenvalue weighted by molar-refractivity contribution is 6.08. The van der Waals surface area contributed by atoms with E-state index in [4.69, 9.17) is 0 Å². The van der Waals surface area contributed by atoms with Gasteiger partial charge in [-0.15, -0.1) is 0 Å². The van der Waals surface area contributed by atoms with Crippen LogP contribution in [0.25, 0.3) is 0 Å². The predicted molar refractivity (Wildman–Crippen MR) is 103 cm³/mol. The van der Waals surface area contributed by atoms with Crippen LogP contribution in [0.3, 0.4) is 0 Å².